The van der Waals surface area contributed by atoms with Crippen molar-refractivity contribution >= 4 is 11.8 Å². The minimum Gasteiger partial charge on any atom is -0.446 e. The summed E-state index contributed by atoms with van der Waals surface area (Å²) in [6.07, 6.45) is -0.242. The molecule has 2 rings (SSSR count). The quantitative estimate of drug-likeness (QED) is 0.619. The minimum atomic E-state index is -0.783. The number of carbonyl (C=O) groups is 1. The second kappa shape index (κ2) is 3.80. The first-order valence-electron chi connectivity index (χ1n) is 4.78. The molecule has 0 aromatic heterocycles. The largest absolute Gasteiger partial charge is 0.446 e. The molecule has 0 radical (unpaired) electrons. The number of nitrogens with two attached hydrogens (primary N) is 1. The van der Waals surface area contributed by atoms with Gasteiger partial charge >= 0.3 is 6.09 Å². The molecular weight excluding hydrogens is 212 g/mol. The van der Waals surface area contributed by atoms with Gasteiger partial charge in [0.2, 0.25) is 0 Å². The molecule has 84 valence electrons. The lowest BCUT2D eigenvalue weighted by Crippen LogP contribution is -2.14. The second-order valence-electron chi connectivity index (χ2n) is 3.67. The van der Waals surface area contributed by atoms with Gasteiger partial charge in [0.05, 0.1) is 4.92 Å². The van der Waals surface area contributed by atoms with Crippen molar-refractivity contribution in [2.75, 3.05) is 0 Å². The van der Waals surface area contributed by atoms with Crippen LogP contribution in [-0.2, 0) is 4.74 Å². The number of hydrogen-bond donors (Lipinski definition) is 1. The minimum absolute atomic E-state index is 0.0526. The van der Waals surface area contributed by atoms with Crippen LogP contribution in [0, 0.1) is 10.1 Å². The molecule has 1 saturated carbocycles. The average Bonchev–Trinajstić information content (AvgIpc) is 2.96. The first-order valence-corrected chi connectivity index (χ1v) is 4.78. The van der Waals surface area contributed by atoms with Crippen molar-refractivity contribution in [3.8, 4) is 0 Å². The Morgan fingerprint density at radius 3 is 2.56 bits per heavy atom. The highest BCUT2D eigenvalue weighted by molar-refractivity contribution is 5.65. The van der Waals surface area contributed by atoms with E-state index < -0.39 is 11.0 Å². The summed E-state index contributed by atoms with van der Waals surface area (Å²) in [6.45, 7) is 0. The number of carbonyl (C=O) groups excluding carboxylic acids is 1. The number of hydrogen-bond acceptors (Lipinski definition) is 4. The lowest BCUT2D eigenvalue weighted by molar-refractivity contribution is -0.384. The van der Waals surface area contributed by atoms with Gasteiger partial charge in [0.1, 0.15) is 6.10 Å². The van der Waals surface area contributed by atoms with Crippen LogP contribution in [0.2, 0.25) is 0 Å². The number of non-ortho nitro benzene ring substituents is 1. The van der Waals surface area contributed by atoms with Crippen LogP contribution in [0.3, 0.4) is 0 Å². The molecule has 2 unspecified atom stereocenters. The predicted molar refractivity (Wildman–Crippen MR) is 54.9 cm³/mol. The van der Waals surface area contributed by atoms with Crippen molar-refractivity contribution in [1.29, 1.82) is 0 Å². The van der Waals surface area contributed by atoms with Crippen molar-refractivity contribution in [3.63, 3.8) is 0 Å². The van der Waals surface area contributed by atoms with Gasteiger partial charge in [-0.25, -0.2) is 4.79 Å². The van der Waals surface area contributed by atoms with E-state index in [1.54, 1.807) is 12.1 Å². The molecule has 1 aliphatic rings. The van der Waals surface area contributed by atoms with Crippen LogP contribution in [0.5, 0.6) is 0 Å². The highest BCUT2D eigenvalue weighted by Crippen LogP contribution is 2.43. The molecule has 1 aromatic rings. The maximum absolute atomic E-state index is 10.5. The number of primary amides is 1. The van der Waals surface area contributed by atoms with Gasteiger partial charge in [-0.1, -0.05) is 12.1 Å². The Hall–Kier alpha value is -2.11. The third-order valence-electron chi connectivity index (χ3n) is 2.53. The van der Waals surface area contributed by atoms with Gasteiger partial charge in [0.15, 0.2) is 0 Å². The number of benzene rings is 1. The number of ether oxygens (including phenoxy) is 1. The zero-order valence-electron chi connectivity index (χ0n) is 8.33. The number of amides is 1. The SMILES string of the molecule is NC(=O)OC1CC1c1ccc([N+](=O)[O-])cc1. The number of nitro groups is 1. The van der Waals surface area contributed by atoms with E-state index >= 15 is 0 Å². The molecule has 0 heterocycles. The van der Waals surface area contributed by atoms with E-state index in [1.165, 1.54) is 12.1 Å². The topological polar surface area (TPSA) is 95.5 Å². The normalized spacial score (nSPS) is 22.5. The van der Waals surface area contributed by atoms with Crippen molar-refractivity contribution in [3.05, 3.63) is 39.9 Å². The van der Waals surface area contributed by atoms with Crippen LogP contribution in [-0.4, -0.2) is 17.1 Å². The van der Waals surface area contributed by atoms with Gasteiger partial charge in [0, 0.05) is 18.1 Å². The van der Waals surface area contributed by atoms with Crippen LogP contribution in [0.25, 0.3) is 0 Å². The summed E-state index contributed by atoms with van der Waals surface area (Å²) < 4.78 is 4.81. The fourth-order valence-corrected chi connectivity index (χ4v) is 1.65. The molecule has 1 aromatic carbocycles. The Labute approximate surface area is 91.2 Å². The third-order valence-corrected chi connectivity index (χ3v) is 2.53. The van der Waals surface area contributed by atoms with E-state index in [0.717, 1.165) is 12.0 Å². The second-order valence-corrected chi connectivity index (χ2v) is 3.67. The molecule has 6 nitrogen and oxygen atoms in total. The van der Waals surface area contributed by atoms with E-state index in [0.29, 0.717) is 0 Å². The third kappa shape index (κ3) is 2.10. The smallest absolute Gasteiger partial charge is 0.404 e. The zero-order valence-corrected chi connectivity index (χ0v) is 8.33. The molecule has 1 aliphatic carbocycles. The van der Waals surface area contributed by atoms with Gasteiger partial charge in [0.25, 0.3) is 5.69 Å². The summed E-state index contributed by atoms with van der Waals surface area (Å²) in [7, 11) is 0. The summed E-state index contributed by atoms with van der Waals surface area (Å²) in [5.41, 5.74) is 5.87. The molecule has 0 aliphatic heterocycles. The van der Waals surface area contributed by atoms with Gasteiger partial charge in [-0.15, -0.1) is 0 Å². The Balaban J connectivity index is 2.02. The maximum atomic E-state index is 10.5. The van der Waals surface area contributed by atoms with Gasteiger partial charge in [-0.3, -0.25) is 10.1 Å². The summed E-state index contributed by atoms with van der Waals surface area (Å²) in [6, 6.07) is 6.23. The summed E-state index contributed by atoms with van der Waals surface area (Å²) in [5.74, 6) is 0.119. The lowest BCUT2D eigenvalue weighted by atomic mass is 10.1. The number of nitro benzene ring substituents is 1. The average molecular weight is 222 g/mol. The van der Waals surface area contributed by atoms with E-state index in [-0.39, 0.29) is 17.7 Å². The number of nitrogens with zero attached hydrogens (tertiary/aromatic N) is 1. The fourth-order valence-electron chi connectivity index (χ4n) is 1.65. The van der Waals surface area contributed by atoms with Crippen LogP contribution >= 0.6 is 0 Å². The molecular formula is C10H10N2O4. The first kappa shape index (κ1) is 10.4. The van der Waals surface area contributed by atoms with E-state index in [9.17, 15) is 14.9 Å². The zero-order chi connectivity index (χ0) is 11.7. The highest BCUT2D eigenvalue weighted by atomic mass is 16.6. The van der Waals surface area contributed by atoms with Crippen LogP contribution < -0.4 is 5.73 Å². The Morgan fingerprint density at radius 2 is 2.06 bits per heavy atom. The van der Waals surface area contributed by atoms with Gasteiger partial charge in [-0.2, -0.15) is 0 Å². The van der Waals surface area contributed by atoms with Gasteiger partial charge < -0.3 is 10.5 Å². The monoisotopic (exact) mass is 222 g/mol. The summed E-state index contributed by atoms with van der Waals surface area (Å²) in [5, 5.41) is 10.4. The first-order chi connectivity index (χ1) is 7.58. The Bertz CT molecular complexity index is 429. The van der Waals surface area contributed by atoms with E-state index in [1.807, 2.05) is 0 Å². The molecule has 0 spiro atoms. The van der Waals surface area contributed by atoms with Crippen LogP contribution in [0.4, 0.5) is 10.5 Å². The molecule has 2 N–H and O–H groups in total. The Morgan fingerprint density at radius 1 is 1.44 bits per heavy atom. The summed E-state index contributed by atoms with van der Waals surface area (Å²) >= 11 is 0. The van der Waals surface area contributed by atoms with Crippen LogP contribution in [0.1, 0.15) is 17.9 Å². The molecule has 1 fully saturated rings. The highest BCUT2D eigenvalue weighted by Gasteiger charge is 2.41. The van der Waals surface area contributed by atoms with E-state index in [4.69, 9.17) is 10.5 Å². The van der Waals surface area contributed by atoms with Crippen molar-refractivity contribution in [2.24, 2.45) is 5.73 Å². The Kier molecular flexibility index (Phi) is 2.47. The fraction of sp³-hybridized carbons (Fsp3) is 0.300. The predicted octanol–water partition coefficient (Wildman–Crippen LogP) is 1.55. The molecule has 0 saturated heterocycles. The van der Waals surface area contributed by atoms with Crippen molar-refractivity contribution < 1.29 is 14.5 Å². The molecule has 1 amide bonds. The van der Waals surface area contributed by atoms with E-state index in [2.05, 4.69) is 0 Å². The maximum Gasteiger partial charge on any atom is 0.404 e. The molecule has 2 atom stereocenters. The van der Waals surface area contributed by atoms with Gasteiger partial charge in [-0.05, 0) is 12.0 Å². The molecule has 0 bridgehead atoms. The number of rotatable bonds is 3. The lowest BCUT2D eigenvalue weighted by Gasteiger charge is -2.00. The molecule has 6 heteroatoms. The molecule has 16 heavy (non-hydrogen) atoms. The van der Waals surface area contributed by atoms with Crippen molar-refractivity contribution in [1.82, 2.24) is 0 Å². The standard InChI is InChI=1S/C10H10N2O4/c11-10(13)16-9-5-8(9)6-1-3-7(4-2-6)12(14)15/h1-4,8-9H,5H2,(H2,11,13). The summed E-state index contributed by atoms with van der Waals surface area (Å²) in [4.78, 5) is 20.5. The van der Waals surface area contributed by atoms with Crippen LogP contribution in [0.15, 0.2) is 24.3 Å². The van der Waals surface area contributed by atoms with Crippen molar-refractivity contribution in [2.45, 2.75) is 18.4 Å².